The zero-order valence-corrected chi connectivity index (χ0v) is 16.2. The van der Waals surface area contributed by atoms with E-state index < -0.39 is 6.03 Å². The highest BCUT2D eigenvalue weighted by molar-refractivity contribution is 5.85. The lowest BCUT2D eigenvalue weighted by atomic mass is 9.96. The number of hydrogen-bond acceptors (Lipinski definition) is 4. The Balaban J connectivity index is 1.40. The lowest BCUT2D eigenvalue weighted by molar-refractivity contribution is -0.139. The molecule has 0 aliphatic carbocycles. The van der Waals surface area contributed by atoms with Crippen molar-refractivity contribution in [3.63, 3.8) is 0 Å². The second-order valence-electron chi connectivity index (χ2n) is 7.49. The number of anilines is 1. The third kappa shape index (κ3) is 5.37. The van der Waals surface area contributed by atoms with E-state index in [4.69, 9.17) is 5.73 Å². The van der Waals surface area contributed by atoms with E-state index >= 15 is 0 Å². The highest BCUT2D eigenvalue weighted by Crippen LogP contribution is 2.21. The monoisotopic (exact) mass is 387 g/mol. The molecule has 2 fully saturated rings. The fourth-order valence-corrected chi connectivity index (χ4v) is 3.75. The van der Waals surface area contributed by atoms with Crippen LogP contribution in [0, 0.1) is 5.92 Å². The van der Waals surface area contributed by atoms with Gasteiger partial charge in [0.05, 0.1) is 12.5 Å². The Labute approximate surface area is 165 Å². The average molecular weight is 387 g/mol. The number of benzene rings is 1. The van der Waals surface area contributed by atoms with E-state index in [1.165, 1.54) is 0 Å². The number of urea groups is 1. The van der Waals surface area contributed by atoms with E-state index in [-0.39, 0.29) is 24.3 Å². The zero-order chi connectivity index (χ0) is 19.9. The number of nitrogens with one attached hydrogen (secondary N) is 2. The summed E-state index contributed by atoms with van der Waals surface area (Å²) in [6, 6.07) is 6.83. The van der Waals surface area contributed by atoms with Crippen molar-refractivity contribution in [2.75, 3.05) is 38.5 Å². The summed E-state index contributed by atoms with van der Waals surface area (Å²) in [6.07, 6.45) is 3.78. The lowest BCUT2D eigenvalue weighted by Gasteiger charge is -2.34. The summed E-state index contributed by atoms with van der Waals surface area (Å²) in [7, 11) is 0. The van der Waals surface area contributed by atoms with Gasteiger partial charge in [0.2, 0.25) is 11.8 Å². The molecule has 152 valence electrons. The summed E-state index contributed by atoms with van der Waals surface area (Å²) >= 11 is 0. The fraction of sp³-hybridized carbons (Fsp3) is 0.550. The van der Waals surface area contributed by atoms with Gasteiger partial charge in [0.25, 0.3) is 0 Å². The van der Waals surface area contributed by atoms with Gasteiger partial charge in [-0.15, -0.1) is 0 Å². The third-order valence-corrected chi connectivity index (χ3v) is 5.37. The van der Waals surface area contributed by atoms with Crippen molar-refractivity contribution < 1.29 is 14.4 Å². The number of nitrogen functional groups attached to an aromatic ring is 1. The molecule has 1 unspecified atom stereocenters. The molecule has 0 saturated carbocycles. The predicted molar refractivity (Wildman–Crippen MR) is 106 cm³/mol. The number of amides is 4. The number of nitrogens with zero attached hydrogens (tertiary/aromatic N) is 2. The topological polar surface area (TPSA) is 108 Å². The van der Waals surface area contributed by atoms with Crippen LogP contribution in [-0.2, 0) is 16.1 Å². The van der Waals surface area contributed by atoms with Crippen molar-refractivity contribution in [1.29, 1.82) is 0 Å². The van der Waals surface area contributed by atoms with Crippen LogP contribution < -0.4 is 16.4 Å². The van der Waals surface area contributed by atoms with Crippen molar-refractivity contribution in [1.82, 2.24) is 20.4 Å². The molecule has 2 aliphatic rings. The Morgan fingerprint density at radius 1 is 0.964 bits per heavy atom. The minimum Gasteiger partial charge on any atom is -0.399 e. The standard InChI is InChI=1S/C20H29N5O3/c21-17-7-5-15(6-8-17)12-22-20(28)23-13-18(26)25-11-3-4-16(14-25)19(27)24-9-1-2-10-24/h5-8,16H,1-4,9-14,21H2,(H2,22,23,28). The lowest BCUT2D eigenvalue weighted by Crippen LogP contribution is -2.49. The molecule has 0 spiro atoms. The second-order valence-corrected chi connectivity index (χ2v) is 7.49. The van der Waals surface area contributed by atoms with E-state index in [0.717, 1.165) is 44.3 Å². The minimum atomic E-state index is -0.396. The molecule has 4 N–H and O–H groups in total. The molecule has 1 aromatic carbocycles. The Hall–Kier alpha value is -2.77. The van der Waals surface area contributed by atoms with Gasteiger partial charge in [0.1, 0.15) is 0 Å². The van der Waals surface area contributed by atoms with Crippen LogP contribution in [-0.4, -0.2) is 60.4 Å². The number of carbonyl (C=O) groups excluding carboxylic acids is 3. The van der Waals surface area contributed by atoms with Gasteiger partial charge in [-0.3, -0.25) is 9.59 Å². The number of nitrogens with two attached hydrogens (primary N) is 1. The van der Waals surface area contributed by atoms with E-state index in [9.17, 15) is 14.4 Å². The van der Waals surface area contributed by atoms with Crippen molar-refractivity contribution in [2.24, 2.45) is 5.92 Å². The largest absolute Gasteiger partial charge is 0.399 e. The van der Waals surface area contributed by atoms with Gasteiger partial charge in [-0.2, -0.15) is 0 Å². The molecule has 2 saturated heterocycles. The van der Waals surface area contributed by atoms with Crippen LogP contribution in [0.3, 0.4) is 0 Å². The third-order valence-electron chi connectivity index (χ3n) is 5.37. The molecule has 8 nitrogen and oxygen atoms in total. The molecule has 2 heterocycles. The van der Waals surface area contributed by atoms with Crippen LogP contribution in [0.4, 0.5) is 10.5 Å². The summed E-state index contributed by atoms with van der Waals surface area (Å²) in [4.78, 5) is 40.6. The highest BCUT2D eigenvalue weighted by atomic mass is 16.2. The summed E-state index contributed by atoms with van der Waals surface area (Å²) in [5, 5.41) is 5.32. The number of likely N-dealkylation sites (tertiary alicyclic amines) is 2. The molecule has 28 heavy (non-hydrogen) atoms. The molecule has 2 aliphatic heterocycles. The van der Waals surface area contributed by atoms with E-state index in [2.05, 4.69) is 10.6 Å². The van der Waals surface area contributed by atoms with Gasteiger partial charge in [-0.1, -0.05) is 12.1 Å². The summed E-state index contributed by atoms with van der Waals surface area (Å²) in [5.74, 6) is -0.0964. The van der Waals surface area contributed by atoms with Gasteiger partial charge >= 0.3 is 6.03 Å². The van der Waals surface area contributed by atoms with Crippen LogP contribution in [0.5, 0.6) is 0 Å². The summed E-state index contributed by atoms with van der Waals surface area (Å²) < 4.78 is 0. The smallest absolute Gasteiger partial charge is 0.315 e. The van der Waals surface area contributed by atoms with E-state index in [1.807, 2.05) is 17.0 Å². The first-order chi connectivity index (χ1) is 13.5. The minimum absolute atomic E-state index is 0.0712. The van der Waals surface area contributed by atoms with Gasteiger partial charge in [0, 0.05) is 38.4 Å². The predicted octanol–water partition coefficient (Wildman–Crippen LogP) is 0.929. The molecule has 4 amide bonds. The van der Waals surface area contributed by atoms with Crippen LogP contribution >= 0.6 is 0 Å². The number of rotatable bonds is 5. The van der Waals surface area contributed by atoms with Gasteiger partial charge in [-0.05, 0) is 43.4 Å². The average Bonchev–Trinajstić information content (AvgIpc) is 3.26. The first kappa shape index (κ1) is 20.0. The second kappa shape index (κ2) is 9.43. The highest BCUT2D eigenvalue weighted by Gasteiger charge is 2.32. The molecule has 0 radical (unpaired) electrons. The maximum absolute atomic E-state index is 12.6. The molecular weight excluding hydrogens is 358 g/mol. The first-order valence-electron chi connectivity index (χ1n) is 9.95. The van der Waals surface area contributed by atoms with Gasteiger partial charge in [-0.25, -0.2) is 4.79 Å². The zero-order valence-electron chi connectivity index (χ0n) is 16.2. The van der Waals surface area contributed by atoms with Gasteiger partial charge < -0.3 is 26.2 Å². The molecule has 1 aromatic rings. The molecule has 8 heteroatoms. The quantitative estimate of drug-likeness (QED) is 0.653. The molecule has 3 rings (SSSR count). The van der Waals surface area contributed by atoms with Crippen LogP contribution in [0.2, 0.25) is 0 Å². The van der Waals surface area contributed by atoms with E-state index in [0.29, 0.717) is 25.3 Å². The van der Waals surface area contributed by atoms with Crippen LogP contribution in [0.1, 0.15) is 31.2 Å². The molecule has 0 aromatic heterocycles. The maximum Gasteiger partial charge on any atom is 0.315 e. The Kier molecular flexibility index (Phi) is 6.73. The van der Waals surface area contributed by atoms with Crippen molar-refractivity contribution in [3.05, 3.63) is 29.8 Å². The SMILES string of the molecule is Nc1ccc(CNC(=O)NCC(=O)N2CCCC(C(=O)N3CCCC3)C2)cc1. The molecule has 0 bridgehead atoms. The van der Waals surface area contributed by atoms with Gasteiger partial charge in [0.15, 0.2) is 0 Å². The Bertz CT molecular complexity index is 700. The van der Waals surface area contributed by atoms with Crippen molar-refractivity contribution in [3.8, 4) is 0 Å². The first-order valence-corrected chi connectivity index (χ1v) is 9.95. The van der Waals surface area contributed by atoms with Crippen LogP contribution in [0.15, 0.2) is 24.3 Å². The maximum atomic E-state index is 12.6. The number of carbonyl (C=O) groups is 3. The summed E-state index contributed by atoms with van der Waals surface area (Å²) in [6.45, 7) is 3.03. The number of hydrogen-bond donors (Lipinski definition) is 3. The molecule has 1 atom stereocenters. The fourth-order valence-electron chi connectivity index (χ4n) is 3.75. The van der Waals surface area contributed by atoms with E-state index in [1.54, 1.807) is 17.0 Å². The normalized spacial score (nSPS) is 19.4. The number of piperidine rings is 1. The molecular formula is C20H29N5O3. The van der Waals surface area contributed by atoms with Crippen molar-refractivity contribution >= 4 is 23.5 Å². The Morgan fingerprint density at radius 3 is 2.36 bits per heavy atom. The van der Waals surface area contributed by atoms with Crippen molar-refractivity contribution in [2.45, 2.75) is 32.2 Å². The Morgan fingerprint density at radius 2 is 1.64 bits per heavy atom. The van der Waals surface area contributed by atoms with Crippen LogP contribution in [0.25, 0.3) is 0 Å². The summed E-state index contributed by atoms with van der Waals surface area (Å²) in [5.41, 5.74) is 7.23.